The molecule has 0 aliphatic carbocycles. The van der Waals surface area contributed by atoms with E-state index in [-0.39, 0.29) is 36.1 Å². The van der Waals surface area contributed by atoms with Gasteiger partial charge in [-0.15, -0.1) is 0 Å². The van der Waals surface area contributed by atoms with Crippen LogP contribution in [0.25, 0.3) is 0 Å². The van der Waals surface area contributed by atoms with Crippen LogP contribution in [0, 0.1) is 5.82 Å². The molecule has 0 spiro atoms. The molecule has 1 aliphatic rings. The summed E-state index contributed by atoms with van der Waals surface area (Å²) < 4.78 is 18.4. The Bertz CT molecular complexity index is 612. The number of methoxy groups -OCH3 is 1. The summed E-state index contributed by atoms with van der Waals surface area (Å²) in [5, 5.41) is 2.26. The first kappa shape index (κ1) is 19.1. The highest BCUT2D eigenvalue weighted by atomic mass is 19.1. The molecule has 1 aliphatic heterocycles. The van der Waals surface area contributed by atoms with Crippen LogP contribution in [-0.2, 0) is 4.79 Å². The Hall–Kier alpha value is -2.19. The highest BCUT2D eigenvalue weighted by molar-refractivity contribution is 6.01. The number of halogens is 1. The van der Waals surface area contributed by atoms with Gasteiger partial charge in [-0.2, -0.15) is 0 Å². The zero-order chi connectivity index (χ0) is 18.2. The fourth-order valence-corrected chi connectivity index (χ4v) is 2.61. The summed E-state index contributed by atoms with van der Waals surface area (Å²) in [5.41, 5.74) is 7.24. The number of hydrazine groups is 1. The van der Waals surface area contributed by atoms with Gasteiger partial charge in [0.05, 0.1) is 7.11 Å². The van der Waals surface area contributed by atoms with Crippen LogP contribution in [0.4, 0.5) is 9.18 Å². The molecule has 0 bridgehead atoms. The Kier molecular flexibility index (Phi) is 7.15. The summed E-state index contributed by atoms with van der Waals surface area (Å²) in [4.78, 5) is 23.9. The third-order valence-corrected chi connectivity index (χ3v) is 4.09. The van der Waals surface area contributed by atoms with Crippen LogP contribution in [0.1, 0.15) is 37.8 Å². The van der Waals surface area contributed by atoms with Gasteiger partial charge in [0.15, 0.2) is 11.6 Å². The number of unbranched alkanes of at least 4 members (excludes halogenated alkanes) is 2. The van der Waals surface area contributed by atoms with Crippen molar-refractivity contribution in [3.63, 3.8) is 0 Å². The third kappa shape index (κ3) is 5.68. The lowest BCUT2D eigenvalue weighted by Crippen LogP contribution is -2.35. The molecule has 3 N–H and O–H groups in total. The first-order valence-electron chi connectivity index (χ1n) is 8.42. The second-order valence-corrected chi connectivity index (χ2v) is 6.02. The van der Waals surface area contributed by atoms with Crippen molar-refractivity contribution < 1.29 is 18.7 Å². The first-order valence-corrected chi connectivity index (χ1v) is 8.42. The van der Waals surface area contributed by atoms with E-state index in [1.54, 1.807) is 12.1 Å². The number of carbonyl (C=O) groups excluding carboxylic acids is 2. The van der Waals surface area contributed by atoms with Crippen LogP contribution in [0.2, 0.25) is 0 Å². The summed E-state index contributed by atoms with van der Waals surface area (Å²) in [6, 6.07) is 4.50. The van der Waals surface area contributed by atoms with Gasteiger partial charge in [0.2, 0.25) is 5.91 Å². The van der Waals surface area contributed by atoms with Gasteiger partial charge >= 0.3 is 6.03 Å². The average Bonchev–Trinajstić information content (AvgIpc) is 2.91. The smallest absolute Gasteiger partial charge is 0.324 e. The molecule has 1 heterocycles. The SMILES string of the molecule is COc1cc(C(C)NNCCCCCN2CC(=O)NC2=O)ccc1F. The zero-order valence-electron chi connectivity index (χ0n) is 14.6. The van der Waals surface area contributed by atoms with E-state index < -0.39 is 0 Å². The normalized spacial score (nSPS) is 15.4. The fourth-order valence-electron chi connectivity index (χ4n) is 2.61. The van der Waals surface area contributed by atoms with Gasteiger partial charge in [-0.25, -0.2) is 9.18 Å². The van der Waals surface area contributed by atoms with Crippen molar-refractivity contribution in [2.45, 2.75) is 32.2 Å². The third-order valence-electron chi connectivity index (χ3n) is 4.09. The number of nitrogens with one attached hydrogen (secondary N) is 3. The lowest BCUT2D eigenvalue weighted by atomic mass is 10.1. The van der Waals surface area contributed by atoms with Crippen LogP contribution in [0.5, 0.6) is 5.75 Å². The predicted molar refractivity (Wildman–Crippen MR) is 91.5 cm³/mol. The lowest BCUT2D eigenvalue weighted by Gasteiger charge is -2.16. The van der Waals surface area contributed by atoms with Crippen LogP contribution in [-0.4, -0.2) is 43.6 Å². The molecule has 25 heavy (non-hydrogen) atoms. The number of hydrogen-bond donors (Lipinski definition) is 3. The Morgan fingerprint density at radius 1 is 1.32 bits per heavy atom. The quantitative estimate of drug-likeness (QED) is 0.339. The number of nitrogens with zero attached hydrogens (tertiary/aromatic N) is 1. The van der Waals surface area contributed by atoms with Crippen molar-refractivity contribution in [3.8, 4) is 5.75 Å². The molecule has 1 aromatic carbocycles. The molecule has 0 aromatic heterocycles. The minimum Gasteiger partial charge on any atom is -0.494 e. The summed E-state index contributed by atoms with van der Waals surface area (Å²) in [5.74, 6) is -0.377. The van der Waals surface area contributed by atoms with Crippen molar-refractivity contribution in [1.29, 1.82) is 0 Å². The molecule has 1 aromatic rings. The molecule has 3 amide bonds. The maximum absolute atomic E-state index is 13.4. The Morgan fingerprint density at radius 2 is 2.12 bits per heavy atom. The number of urea groups is 1. The molecular weight excluding hydrogens is 327 g/mol. The monoisotopic (exact) mass is 352 g/mol. The number of rotatable bonds is 10. The summed E-state index contributed by atoms with van der Waals surface area (Å²) in [6.07, 6.45) is 2.74. The topological polar surface area (TPSA) is 82.7 Å². The maximum Gasteiger partial charge on any atom is 0.324 e. The molecule has 2 rings (SSSR count). The first-order chi connectivity index (χ1) is 12.0. The number of hydrogen-bond acceptors (Lipinski definition) is 5. The molecule has 1 saturated heterocycles. The van der Waals surface area contributed by atoms with Gasteiger partial charge in [-0.3, -0.25) is 21.0 Å². The molecule has 8 heteroatoms. The lowest BCUT2D eigenvalue weighted by molar-refractivity contribution is -0.118. The number of amides is 3. The standard InChI is InChI=1S/C17H25FN4O3/c1-12(13-6-7-14(18)15(10-13)25-2)21-19-8-4-3-5-9-22-11-16(23)20-17(22)24/h6-7,10,12,19,21H,3-5,8-9,11H2,1-2H3,(H,20,23,24). The number of imide groups is 1. The largest absolute Gasteiger partial charge is 0.494 e. The van der Waals surface area contributed by atoms with Gasteiger partial charge in [0, 0.05) is 19.1 Å². The number of ether oxygens (including phenoxy) is 1. The van der Waals surface area contributed by atoms with Crippen LogP contribution in [0.3, 0.4) is 0 Å². The van der Waals surface area contributed by atoms with E-state index in [0.29, 0.717) is 6.54 Å². The minimum absolute atomic E-state index is 0.00816. The Labute approximate surface area is 146 Å². The summed E-state index contributed by atoms with van der Waals surface area (Å²) in [7, 11) is 1.44. The van der Waals surface area contributed by atoms with Crippen molar-refractivity contribution in [2.75, 3.05) is 26.7 Å². The molecule has 1 unspecified atom stereocenters. The van der Waals surface area contributed by atoms with Crippen LogP contribution >= 0.6 is 0 Å². The van der Waals surface area contributed by atoms with E-state index in [0.717, 1.165) is 31.4 Å². The molecule has 138 valence electrons. The van der Waals surface area contributed by atoms with Gasteiger partial charge < -0.3 is 9.64 Å². The molecule has 0 radical (unpaired) electrons. The van der Waals surface area contributed by atoms with E-state index in [1.165, 1.54) is 18.1 Å². The van der Waals surface area contributed by atoms with Crippen molar-refractivity contribution in [1.82, 2.24) is 21.1 Å². The number of carbonyl (C=O) groups is 2. The van der Waals surface area contributed by atoms with Gasteiger partial charge in [0.25, 0.3) is 0 Å². The molecule has 1 atom stereocenters. The number of benzene rings is 1. The second-order valence-electron chi connectivity index (χ2n) is 6.02. The van der Waals surface area contributed by atoms with E-state index in [1.807, 2.05) is 6.92 Å². The second kappa shape index (κ2) is 9.33. The molecule has 1 fully saturated rings. The summed E-state index contributed by atoms with van der Waals surface area (Å²) in [6.45, 7) is 3.50. The Balaban J connectivity index is 1.58. The average molecular weight is 352 g/mol. The molecular formula is C17H25FN4O3. The fraction of sp³-hybridized carbons (Fsp3) is 0.529. The summed E-state index contributed by atoms with van der Waals surface area (Å²) >= 11 is 0. The van der Waals surface area contributed by atoms with Crippen molar-refractivity contribution in [3.05, 3.63) is 29.6 Å². The highest BCUT2D eigenvalue weighted by Gasteiger charge is 2.25. The maximum atomic E-state index is 13.4. The van der Waals surface area contributed by atoms with E-state index >= 15 is 0 Å². The van der Waals surface area contributed by atoms with Crippen LogP contribution < -0.4 is 20.9 Å². The minimum atomic E-state index is -0.375. The zero-order valence-corrected chi connectivity index (χ0v) is 14.6. The van der Waals surface area contributed by atoms with Crippen molar-refractivity contribution >= 4 is 11.9 Å². The van der Waals surface area contributed by atoms with Crippen LogP contribution in [0.15, 0.2) is 18.2 Å². The predicted octanol–water partition coefficient (Wildman–Crippen LogP) is 1.71. The van der Waals surface area contributed by atoms with Crippen molar-refractivity contribution in [2.24, 2.45) is 0 Å². The molecule has 7 nitrogen and oxygen atoms in total. The van der Waals surface area contributed by atoms with Gasteiger partial charge in [-0.1, -0.05) is 12.5 Å². The van der Waals surface area contributed by atoms with Gasteiger partial charge in [-0.05, 0) is 37.5 Å². The van der Waals surface area contributed by atoms with E-state index in [4.69, 9.17) is 4.74 Å². The highest BCUT2D eigenvalue weighted by Crippen LogP contribution is 2.22. The molecule has 0 saturated carbocycles. The Morgan fingerprint density at radius 3 is 2.80 bits per heavy atom. The van der Waals surface area contributed by atoms with E-state index in [9.17, 15) is 14.0 Å². The van der Waals surface area contributed by atoms with E-state index in [2.05, 4.69) is 16.2 Å². The van der Waals surface area contributed by atoms with Gasteiger partial charge in [0.1, 0.15) is 6.54 Å².